The van der Waals surface area contributed by atoms with E-state index in [0.717, 1.165) is 6.07 Å². The van der Waals surface area contributed by atoms with Crippen LogP contribution in [0.15, 0.2) is 24.4 Å². The molecule has 0 aliphatic carbocycles. The zero-order chi connectivity index (χ0) is 12.7. The lowest BCUT2D eigenvalue weighted by Gasteiger charge is -1.95. The van der Waals surface area contributed by atoms with Crippen LogP contribution in [-0.4, -0.2) is 15.2 Å². The molecule has 2 heterocycles. The van der Waals surface area contributed by atoms with Crippen molar-refractivity contribution in [3.8, 4) is 11.4 Å². The van der Waals surface area contributed by atoms with Crippen LogP contribution in [0.25, 0.3) is 22.4 Å². The minimum absolute atomic E-state index is 0.0885. The summed E-state index contributed by atoms with van der Waals surface area (Å²) in [4.78, 5) is 5.73. The van der Waals surface area contributed by atoms with E-state index in [1.54, 1.807) is 0 Å². The molecule has 0 saturated carbocycles. The Morgan fingerprint density at radius 1 is 1.28 bits per heavy atom. The Balaban J connectivity index is 2.26. The highest BCUT2D eigenvalue weighted by Gasteiger charge is 2.20. The monoisotopic (exact) mass is 248 g/mol. The van der Waals surface area contributed by atoms with Gasteiger partial charge in [-0.2, -0.15) is 5.10 Å². The van der Waals surface area contributed by atoms with Crippen molar-refractivity contribution >= 4 is 16.9 Å². The molecule has 7 heteroatoms. The summed E-state index contributed by atoms with van der Waals surface area (Å²) >= 11 is 0. The van der Waals surface area contributed by atoms with E-state index >= 15 is 0 Å². The largest absolute Gasteiger partial charge is 0.379 e. The van der Waals surface area contributed by atoms with Crippen molar-refractivity contribution in [2.75, 3.05) is 5.73 Å². The van der Waals surface area contributed by atoms with Crippen LogP contribution in [0.1, 0.15) is 0 Å². The molecule has 4 N–H and O–H groups in total. The first-order valence-corrected chi connectivity index (χ1v) is 5.13. The van der Waals surface area contributed by atoms with Crippen LogP contribution in [0.3, 0.4) is 0 Å². The number of imidazole rings is 1. The quantitative estimate of drug-likeness (QED) is 0.681. The molecule has 0 aliphatic heterocycles. The van der Waals surface area contributed by atoms with E-state index in [2.05, 4.69) is 20.2 Å². The van der Waals surface area contributed by atoms with Gasteiger partial charge in [-0.1, -0.05) is 6.07 Å². The summed E-state index contributed by atoms with van der Waals surface area (Å²) in [5.41, 5.74) is 6.79. The predicted octanol–water partition coefficient (Wildman–Crippen LogP) is 1.30. The van der Waals surface area contributed by atoms with Gasteiger partial charge < -0.3 is 5.73 Å². The standard InChI is InChI=1S/C11H7F2N5/c12-6-3-1-2-5(8(6)13)11-16-7-4-15-18-10(14)9(7)17-11/h1-4H,(H2,14,18)(H,16,17)/p+1. The van der Waals surface area contributed by atoms with Gasteiger partial charge in [-0.05, 0) is 12.1 Å². The van der Waals surface area contributed by atoms with Crippen LogP contribution in [0.2, 0.25) is 0 Å². The van der Waals surface area contributed by atoms with Gasteiger partial charge in [-0.3, -0.25) is 0 Å². The number of rotatable bonds is 1. The summed E-state index contributed by atoms with van der Waals surface area (Å²) in [5.74, 6) is -1.35. The molecule has 1 aromatic carbocycles. The van der Waals surface area contributed by atoms with Crippen LogP contribution >= 0.6 is 0 Å². The third kappa shape index (κ3) is 1.48. The number of fused-ring (bicyclic) bond motifs is 1. The Kier molecular flexibility index (Phi) is 2.19. The van der Waals surface area contributed by atoms with Crippen LogP contribution in [0.5, 0.6) is 0 Å². The molecule has 0 radical (unpaired) electrons. The number of aromatic nitrogens is 4. The zero-order valence-corrected chi connectivity index (χ0v) is 9.04. The molecule has 0 spiro atoms. The Hall–Kier alpha value is -2.57. The predicted molar refractivity (Wildman–Crippen MR) is 60.2 cm³/mol. The smallest absolute Gasteiger partial charge is 0.288 e. The topological polar surface area (TPSA) is 81.7 Å². The summed E-state index contributed by atoms with van der Waals surface area (Å²) in [6.07, 6.45) is 1.45. The maximum atomic E-state index is 13.6. The number of H-pyrrole nitrogens is 2. The number of nitrogens with one attached hydrogen (secondary N) is 2. The fraction of sp³-hybridized carbons (Fsp3) is 0. The summed E-state index contributed by atoms with van der Waals surface area (Å²) in [7, 11) is 0. The minimum Gasteiger partial charge on any atom is -0.379 e. The van der Waals surface area contributed by atoms with E-state index in [-0.39, 0.29) is 11.4 Å². The highest BCUT2D eigenvalue weighted by molar-refractivity contribution is 5.81. The van der Waals surface area contributed by atoms with E-state index < -0.39 is 11.6 Å². The number of nitrogen functional groups attached to an aromatic ring is 1. The maximum Gasteiger partial charge on any atom is 0.288 e. The Morgan fingerprint density at radius 2 is 2.11 bits per heavy atom. The van der Waals surface area contributed by atoms with Crippen LogP contribution in [0.4, 0.5) is 14.6 Å². The SMILES string of the molecule is Nc1nncc2[nH]c(-c3cccc(F)c3F)[nH+]c12. The lowest BCUT2D eigenvalue weighted by atomic mass is 10.2. The first kappa shape index (κ1) is 10.6. The molecule has 0 unspecified atom stereocenters. The summed E-state index contributed by atoms with van der Waals surface area (Å²) in [6, 6.07) is 3.93. The average molecular weight is 248 g/mol. The second kappa shape index (κ2) is 3.73. The molecule has 3 rings (SSSR count). The van der Waals surface area contributed by atoms with Crippen molar-refractivity contribution in [3.63, 3.8) is 0 Å². The number of nitrogens with zero attached hydrogens (tertiary/aromatic N) is 2. The van der Waals surface area contributed by atoms with E-state index in [9.17, 15) is 8.78 Å². The van der Waals surface area contributed by atoms with Gasteiger partial charge in [0, 0.05) is 0 Å². The lowest BCUT2D eigenvalue weighted by Crippen LogP contribution is -2.07. The normalized spacial score (nSPS) is 11.0. The fourth-order valence-electron chi connectivity index (χ4n) is 1.75. The maximum absolute atomic E-state index is 13.6. The number of hydrogen-bond acceptors (Lipinski definition) is 3. The number of halogens is 2. The van der Waals surface area contributed by atoms with E-state index in [4.69, 9.17) is 5.73 Å². The van der Waals surface area contributed by atoms with E-state index in [1.807, 2.05) is 0 Å². The summed E-state index contributed by atoms with van der Waals surface area (Å²) < 4.78 is 26.8. The number of hydrogen-bond donors (Lipinski definition) is 2. The Bertz CT molecular complexity index is 737. The van der Waals surface area contributed by atoms with Gasteiger partial charge in [-0.25, -0.2) is 18.7 Å². The number of benzene rings is 1. The molecule has 2 aromatic heterocycles. The Morgan fingerprint density at radius 3 is 2.89 bits per heavy atom. The van der Waals surface area contributed by atoms with Gasteiger partial charge in [0.2, 0.25) is 5.52 Å². The molecule has 0 atom stereocenters. The van der Waals surface area contributed by atoms with Gasteiger partial charge in [0.1, 0.15) is 11.8 Å². The molecular weight excluding hydrogens is 240 g/mol. The van der Waals surface area contributed by atoms with Gasteiger partial charge in [0.15, 0.2) is 23.0 Å². The molecule has 90 valence electrons. The van der Waals surface area contributed by atoms with Gasteiger partial charge in [0.25, 0.3) is 5.82 Å². The first-order chi connectivity index (χ1) is 8.66. The molecule has 5 nitrogen and oxygen atoms in total. The Labute approximate surface area is 99.7 Å². The van der Waals surface area contributed by atoms with Crippen LogP contribution in [0, 0.1) is 11.6 Å². The average Bonchev–Trinajstić information content (AvgIpc) is 2.78. The van der Waals surface area contributed by atoms with Crippen molar-refractivity contribution in [1.82, 2.24) is 15.2 Å². The second-order valence-corrected chi connectivity index (χ2v) is 3.74. The molecule has 0 amide bonds. The van der Waals surface area contributed by atoms with Crippen molar-refractivity contribution in [3.05, 3.63) is 36.0 Å². The highest BCUT2D eigenvalue weighted by Crippen LogP contribution is 2.22. The molecule has 0 aliphatic rings. The van der Waals surface area contributed by atoms with Crippen molar-refractivity contribution in [1.29, 1.82) is 0 Å². The first-order valence-electron chi connectivity index (χ1n) is 5.13. The van der Waals surface area contributed by atoms with Crippen molar-refractivity contribution < 1.29 is 13.8 Å². The third-order valence-corrected chi connectivity index (χ3v) is 2.61. The second-order valence-electron chi connectivity index (χ2n) is 3.74. The van der Waals surface area contributed by atoms with Crippen molar-refractivity contribution in [2.45, 2.75) is 0 Å². The van der Waals surface area contributed by atoms with E-state index in [1.165, 1.54) is 18.3 Å². The van der Waals surface area contributed by atoms with Gasteiger partial charge in [-0.15, -0.1) is 5.10 Å². The number of anilines is 1. The molecule has 0 saturated heterocycles. The molecule has 3 aromatic rings. The van der Waals surface area contributed by atoms with Crippen LogP contribution < -0.4 is 10.7 Å². The summed E-state index contributed by atoms with van der Waals surface area (Å²) in [5, 5.41) is 7.33. The number of nitrogens with two attached hydrogens (primary N) is 1. The van der Waals surface area contributed by atoms with E-state index in [0.29, 0.717) is 16.9 Å². The zero-order valence-electron chi connectivity index (χ0n) is 9.04. The molecule has 18 heavy (non-hydrogen) atoms. The molecule has 0 bridgehead atoms. The highest BCUT2D eigenvalue weighted by atomic mass is 19.2. The molecule has 0 fully saturated rings. The fourth-order valence-corrected chi connectivity index (χ4v) is 1.75. The van der Waals surface area contributed by atoms with Crippen molar-refractivity contribution in [2.24, 2.45) is 0 Å². The summed E-state index contributed by atoms with van der Waals surface area (Å²) in [6.45, 7) is 0. The lowest BCUT2D eigenvalue weighted by molar-refractivity contribution is -0.330. The minimum atomic E-state index is -0.931. The van der Waals surface area contributed by atoms with Gasteiger partial charge in [0.05, 0.1) is 0 Å². The van der Waals surface area contributed by atoms with Gasteiger partial charge >= 0.3 is 0 Å². The van der Waals surface area contributed by atoms with Crippen LogP contribution in [-0.2, 0) is 0 Å². The third-order valence-electron chi connectivity index (χ3n) is 2.61. The number of aromatic amines is 2. The molecular formula is C11H8F2N5+.